The van der Waals surface area contributed by atoms with Crippen LogP contribution < -0.4 is 5.73 Å². The Morgan fingerprint density at radius 3 is 2.32 bits per heavy atom. The van der Waals surface area contributed by atoms with E-state index in [1.807, 2.05) is 0 Å². The van der Waals surface area contributed by atoms with Crippen molar-refractivity contribution in [3.63, 3.8) is 0 Å². The molecule has 2 rings (SSSR count). The molecule has 8 nitrogen and oxygen atoms in total. The molecule has 0 bridgehead atoms. The van der Waals surface area contributed by atoms with Gasteiger partial charge < -0.3 is 20.3 Å². The minimum absolute atomic E-state index is 0.115. The second-order valence-corrected chi connectivity index (χ2v) is 4.77. The third-order valence-electron chi connectivity index (χ3n) is 3.36. The second kappa shape index (κ2) is 6.88. The monoisotopic (exact) mass is 306 g/mol. The first-order chi connectivity index (χ1) is 10.5. The van der Waals surface area contributed by atoms with Crippen molar-refractivity contribution >= 4 is 17.9 Å². The molecule has 1 aliphatic heterocycles. The highest BCUT2D eigenvalue weighted by atomic mass is 16.6. The van der Waals surface area contributed by atoms with E-state index in [0.717, 1.165) is 0 Å². The number of ether oxygens (including phenoxy) is 1. The predicted molar refractivity (Wildman–Crippen MR) is 77.3 cm³/mol. The minimum atomic E-state index is -0.637. The van der Waals surface area contributed by atoms with Crippen LogP contribution in [0.4, 0.5) is 4.79 Å². The Hall–Kier alpha value is -2.64. The van der Waals surface area contributed by atoms with E-state index in [1.165, 1.54) is 18.3 Å². The van der Waals surface area contributed by atoms with Gasteiger partial charge in [-0.15, -0.1) is 0 Å². The summed E-state index contributed by atoms with van der Waals surface area (Å²) in [7, 11) is 0. The van der Waals surface area contributed by atoms with E-state index in [0.29, 0.717) is 38.3 Å². The summed E-state index contributed by atoms with van der Waals surface area (Å²) in [6.45, 7) is 3.79. The van der Waals surface area contributed by atoms with E-state index in [2.05, 4.69) is 4.98 Å². The number of amides is 3. The van der Waals surface area contributed by atoms with Gasteiger partial charge in [0.1, 0.15) is 5.69 Å². The van der Waals surface area contributed by atoms with Crippen LogP contribution in [0.5, 0.6) is 0 Å². The van der Waals surface area contributed by atoms with E-state index < -0.39 is 5.91 Å². The Morgan fingerprint density at radius 2 is 1.82 bits per heavy atom. The maximum absolute atomic E-state index is 12.3. The summed E-state index contributed by atoms with van der Waals surface area (Å²) in [5, 5.41) is 0. The molecule has 1 saturated heterocycles. The summed E-state index contributed by atoms with van der Waals surface area (Å²) in [5.41, 5.74) is 5.60. The maximum Gasteiger partial charge on any atom is 0.409 e. The molecule has 22 heavy (non-hydrogen) atoms. The lowest BCUT2D eigenvalue weighted by Gasteiger charge is -2.34. The van der Waals surface area contributed by atoms with Crippen molar-refractivity contribution in [2.45, 2.75) is 6.92 Å². The van der Waals surface area contributed by atoms with E-state index >= 15 is 0 Å². The third-order valence-corrected chi connectivity index (χ3v) is 3.36. The molecule has 0 saturated carbocycles. The molecule has 8 heteroatoms. The van der Waals surface area contributed by atoms with Gasteiger partial charge in [-0.05, 0) is 19.1 Å². The molecule has 3 amide bonds. The quantitative estimate of drug-likeness (QED) is 0.852. The molecule has 2 heterocycles. The lowest BCUT2D eigenvalue weighted by Crippen LogP contribution is -2.50. The van der Waals surface area contributed by atoms with Crippen LogP contribution in [0, 0.1) is 0 Å². The average Bonchev–Trinajstić information content (AvgIpc) is 2.54. The SMILES string of the molecule is CCOC(=O)N1CCN(C(=O)c2ccc(C(N)=O)nc2)CC1. The zero-order valence-electron chi connectivity index (χ0n) is 12.3. The van der Waals surface area contributed by atoms with Gasteiger partial charge in [0.15, 0.2) is 0 Å². The highest BCUT2D eigenvalue weighted by Crippen LogP contribution is 2.09. The predicted octanol–water partition coefficient (Wildman–Crippen LogP) is 0.0948. The van der Waals surface area contributed by atoms with Crippen LogP contribution in [0.3, 0.4) is 0 Å². The van der Waals surface area contributed by atoms with Crippen LogP contribution in [0.25, 0.3) is 0 Å². The summed E-state index contributed by atoms with van der Waals surface area (Å²) in [5.74, 6) is -0.825. The van der Waals surface area contributed by atoms with Crippen LogP contribution in [-0.4, -0.2) is 65.5 Å². The van der Waals surface area contributed by atoms with Gasteiger partial charge in [-0.2, -0.15) is 0 Å². The van der Waals surface area contributed by atoms with Gasteiger partial charge in [0.2, 0.25) is 0 Å². The van der Waals surface area contributed by atoms with E-state index in [4.69, 9.17) is 10.5 Å². The Balaban J connectivity index is 1.94. The number of rotatable bonds is 3. The number of aromatic nitrogens is 1. The first-order valence-electron chi connectivity index (χ1n) is 6.99. The van der Waals surface area contributed by atoms with Crippen molar-refractivity contribution in [2.75, 3.05) is 32.8 Å². The fourth-order valence-electron chi connectivity index (χ4n) is 2.16. The Bertz CT molecular complexity index is 565. The maximum atomic E-state index is 12.3. The number of piperazine rings is 1. The first kappa shape index (κ1) is 15.7. The minimum Gasteiger partial charge on any atom is -0.450 e. The van der Waals surface area contributed by atoms with Gasteiger partial charge in [-0.3, -0.25) is 14.6 Å². The number of primary amides is 1. The molecular weight excluding hydrogens is 288 g/mol. The van der Waals surface area contributed by atoms with Gasteiger partial charge in [0.05, 0.1) is 12.2 Å². The highest BCUT2D eigenvalue weighted by Gasteiger charge is 2.25. The van der Waals surface area contributed by atoms with Crippen molar-refractivity contribution in [1.82, 2.24) is 14.8 Å². The van der Waals surface area contributed by atoms with E-state index in [1.54, 1.807) is 16.7 Å². The third kappa shape index (κ3) is 3.51. The zero-order valence-corrected chi connectivity index (χ0v) is 12.3. The van der Waals surface area contributed by atoms with Crippen LogP contribution in [-0.2, 0) is 4.74 Å². The first-order valence-corrected chi connectivity index (χ1v) is 6.99. The number of hydrogen-bond donors (Lipinski definition) is 1. The van der Waals surface area contributed by atoms with Crippen molar-refractivity contribution in [2.24, 2.45) is 5.73 Å². The van der Waals surface area contributed by atoms with Gasteiger partial charge in [-0.1, -0.05) is 0 Å². The van der Waals surface area contributed by atoms with Gasteiger partial charge >= 0.3 is 6.09 Å². The number of carbonyl (C=O) groups is 3. The normalized spacial score (nSPS) is 14.6. The summed E-state index contributed by atoms with van der Waals surface area (Å²) in [4.78, 5) is 41.9. The van der Waals surface area contributed by atoms with Gasteiger partial charge in [-0.25, -0.2) is 4.79 Å². The van der Waals surface area contributed by atoms with Crippen LogP contribution >= 0.6 is 0 Å². The number of pyridine rings is 1. The number of hydrogen-bond acceptors (Lipinski definition) is 5. The van der Waals surface area contributed by atoms with E-state index in [9.17, 15) is 14.4 Å². The fraction of sp³-hybridized carbons (Fsp3) is 0.429. The largest absolute Gasteiger partial charge is 0.450 e. The summed E-state index contributed by atoms with van der Waals surface area (Å²) in [6, 6.07) is 2.94. The summed E-state index contributed by atoms with van der Waals surface area (Å²) >= 11 is 0. The zero-order chi connectivity index (χ0) is 16.1. The Morgan fingerprint density at radius 1 is 1.18 bits per heavy atom. The lowest BCUT2D eigenvalue weighted by atomic mass is 10.2. The molecule has 1 aromatic rings. The van der Waals surface area contributed by atoms with Crippen molar-refractivity contribution in [1.29, 1.82) is 0 Å². The van der Waals surface area contributed by atoms with E-state index in [-0.39, 0.29) is 17.7 Å². The fourth-order valence-corrected chi connectivity index (χ4v) is 2.16. The summed E-state index contributed by atoms with van der Waals surface area (Å²) < 4.78 is 4.93. The number of nitrogens with zero attached hydrogens (tertiary/aromatic N) is 3. The Labute approximate surface area is 127 Å². The summed E-state index contributed by atoms with van der Waals surface area (Å²) in [6.07, 6.45) is 0.974. The van der Waals surface area contributed by atoms with Gasteiger partial charge in [0, 0.05) is 32.4 Å². The molecule has 2 N–H and O–H groups in total. The smallest absolute Gasteiger partial charge is 0.409 e. The molecule has 0 atom stereocenters. The van der Waals surface area contributed by atoms with Crippen LogP contribution in [0.15, 0.2) is 18.3 Å². The molecule has 1 fully saturated rings. The molecule has 0 aliphatic carbocycles. The van der Waals surface area contributed by atoms with Crippen LogP contribution in [0.1, 0.15) is 27.8 Å². The molecule has 0 aromatic carbocycles. The molecule has 0 spiro atoms. The topological polar surface area (TPSA) is 106 Å². The average molecular weight is 306 g/mol. The molecular formula is C14H18N4O4. The standard InChI is InChI=1S/C14H18N4O4/c1-2-22-14(21)18-7-5-17(6-8-18)13(20)10-3-4-11(12(15)19)16-9-10/h3-4,9H,2,5-8H2,1H3,(H2,15,19). The number of nitrogens with two attached hydrogens (primary N) is 1. The Kier molecular flexibility index (Phi) is 4.92. The van der Waals surface area contributed by atoms with Crippen molar-refractivity contribution in [3.05, 3.63) is 29.6 Å². The molecule has 1 aromatic heterocycles. The molecule has 1 aliphatic rings. The molecule has 0 unspecified atom stereocenters. The van der Waals surface area contributed by atoms with Crippen molar-refractivity contribution in [3.8, 4) is 0 Å². The van der Waals surface area contributed by atoms with Gasteiger partial charge in [0.25, 0.3) is 11.8 Å². The second-order valence-electron chi connectivity index (χ2n) is 4.77. The lowest BCUT2D eigenvalue weighted by molar-refractivity contribution is 0.0570. The van der Waals surface area contributed by atoms with Crippen molar-refractivity contribution < 1.29 is 19.1 Å². The molecule has 0 radical (unpaired) electrons. The number of carbonyl (C=O) groups excluding carboxylic acids is 3. The molecule has 118 valence electrons. The highest BCUT2D eigenvalue weighted by molar-refractivity contribution is 5.95. The van der Waals surface area contributed by atoms with Crippen LogP contribution in [0.2, 0.25) is 0 Å².